The number of hydrogen-bond donors (Lipinski definition) is 0. The highest BCUT2D eigenvalue weighted by molar-refractivity contribution is 7.87. The van der Waals surface area contributed by atoms with E-state index in [0.717, 1.165) is 25.7 Å². The highest BCUT2D eigenvalue weighted by Gasteiger charge is 2.61. The first-order chi connectivity index (χ1) is 24.4. The van der Waals surface area contributed by atoms with Crippen LogP contribution in [0.25, 0.3) is 0 Å². The number of hydrogen-bond acceptors (Lipinski definition) is 6. The molecule has 2 unspecified atom stereocenters. The molecular formula is C40H39F3O6S2. The summed E-state index contributed by atoms with van der Waals surface area (Å²) in [5.74, 6) is -1.34. The predicted molar refractivity (Wildman–Crippen MR) is 191 cm³/mol. The molecule has 0 saturated heterocycles. The summed E-state index contributed by atoms with van der Waals surface area (Å²) >= 11 is 0. The van der Waals surface area contributed by atoms with Crippen molar-refractivity contribution in [2.24, 2.45) is 0 Å². The molecule has 0 heterocycles. The third-order valence-corrected chi connectivity index (χ3v) is 11.4. The highest BCUT2D eigenvalue weighted by Crippen LogP contribution is 2.57. The Morgan fingerprint density at radius 2 is 0.941 bits per heavy atom. The van der Waals surface area contributed by atoms with Crippen LogP contribution in [0.2, 0.25) is 0 Å². The van der Waals surface area contributed by atoms with E-state index in [9.17, 15) is 16.8 Å². The minimum Gasteiger partial charge on any atom is -0.379 e. The summed E-state index contributed by atoms with van der Waals surface area (Å²) in [4.78, 5) is -0.140. The lowest BCUT2D eigenvalue weighted by molar-refractivity contribution is -0.185. The van der Waals surface area contributed by atoms with Gasteiger partial charge in [0.1, 0.15) is 26.7 Å². The van der Waals surface area contributed by atoms with Crippen LogP contribution < -0.4 is 8.37 Å². The van der Waals surface area contributed by atoms with Crippen molar-refractivity contribution in [3.63, 3.8) is 0 Å². The third-order valence-electron chi connectivity index (χ3n) is 8.86. The molecule has 5 rings (SSSR count). The van der Waals surface area contributed by atoms with E-state index in [1.807, 2.05) is 0 Å². The van der Waals surface area contributed by atoms with E-state index >= 15 is 13.2 Å². The molecular weight excluding hydrogens is 698 g/mol. The van der Waals surface area contributed by atoms with Crippen LogP contribution in [-0.2, 0) is 25.7 Å². The van der Waals surface area contributed by atoms with Crippen molar-refractivity contribution in [1.82, 2.24) is 0 Å². The van der Waals surface area contributed by atoms with Gasteiger partial charge in [-0.1, -0.05) is 130 Å². The Bertz CT molecular complexity index is 2060. The smallest absolute Gasteiger partial charge is 0.379 e. The van der Waals surface area contributed by atoms with Gasteiger partial charge in [-0.2, -0.15) is 30.0 Å². The van der Waals surface area contributed by atoms with Crippen LogP contribution >= 0.6 is 0 Å². The maximum atomic E-state index is 16.2. The molecule has 0 aliphatic rings. The molecule has 0 aromatic heterocycles. The lowest BCUT2D eigenvalue weighted by atomic mass is 9.61. The molecule has 0 saturated carbocycles. The molecule has 0 bridgehead atoms. The summed E-state index contributed by atoms with van der Waals surface area (Å²) in [6, 6.07) is 33.4. The van der Waals surface area contributed by atoms with Crippen molar-refractivity contribution in [1.29, 1.82) is 0 Å². The van der Waals surface area contributed by atoms with Crippen molar-refractivity contribution in [3.05, 3.63) is 156 Å². The Balaban J connectivity index is 1.60. The van der Waals surface area contributed by atoms with Gasteiger partial charge in [-0.15, -0.1) is 0 Å². The second-order valence-corrected chi connectivity index (χ2v) is 15.3. The molecule has 0 aliphatic heterocycles. The zero-order valence-corrected chi connectivity index (χ0v) is 29.6. The normalized spacial score (nSPS) is 14.0. The SMILES string of the molecule is CCCCCCCC(c1ccc(OS(=O)(=O)c2ccccc2)cc1)C(c1ccccc1)(c1ccc(OS(=O)(=O)c2ccccc2)cc1)C(F)(F)F. The monoisotopic (exact) mass is 736 g/mol. The van der Waals surface area contributed by atoms with Crippen molar-refractivity contribution in [3.8, 4) is 11.5 Å². The van der Waals surface area contributed by atoms with Crippen LogP contribution in [0, 0.1) is 0 Å². The molecule has 268 valence electrons. The molecule has 0 aliphatic carbocycles. The second-order valence-electron chi connectivity index (χ2n) is 12.2. The van der Waals surface area contributed by atoms with E-state index in [0.29, 0.717) is 12.0 Å². The Morgan fingerprint density at radius 3 is 1.39 bits per heavy atom. The van der Waals surface area contributed by atoms with Crippen molar-refractivity contribution in [2.45, 2.75) is 72.7 Å². The second kappa shape index (κ2) is 16.2. The summed E-state index contributed by atoms with van der Waals surface area (Å²) in [5.41, 5.74) is -2.35. The maximum Gasteiger partial charge on any atom is 0.402 e. The first-order valence-corrected chi connectivity index (χ1v) is 19.5. The number of unbranched alkanes of at least 4 members (excludes halogenated alkanes) is 4. The third kappa shape index (κ3) is 8.65. The van der Waals surface area contributed by atoms with Crippen LogP contribution in [0.5, 0.6) is 11.5 Å². The number of halogens is 3. The molecule has 51 heavy (non-hydrogen) atoms. The van der Waals surface area contributed by atoms with E-state index < -0.39 is 37.7 Å². The maximum absolute atomic E-state index is 16.2. The van der Waals surface area contributed by atoms with Gasteiger partial charge in [0, 0.05) is 5.92 Å². The number of alkyl halides is 3. The molecule has 5 aromatic carbocycles. The average molecular weight is 737 g/mol. The van der Waals surface area contributed by atoms with Crippen LogP contribution in [0.15, 0.2) is 149 Å². The Kier molecular flexibility index (Phi) is 11.9. The summed E-state index contributed by atoms with van der Waals surface area (Å²) < 4.78 is 111. The topological polar surface area (TPSA) is 86.7 Å². The molecule has 0 amide bonds. The fourth-order valence-corrected chi connectivity index (χ4v) is 8.34. The number of benzene rings is 5. The summed E-state index contributed by atoms with van der Waals surface area (Å²) in [7, 11) is -8.41. The molecule has 6 nitrogen and oxygen atoms in total. The van der Waals surface area contributed by atoms with Crippen LogP contribution in [0.4, 0.5) is 13.2 Å². The van der Waals surface area contributed by atoms with Gasteiger partial charge < -0.3 is 8.37 Å². The fraction of sp³-hybridized carbons (Fsp3) is 0.250. The first-order valence-electron chi connectivity index (χ1n) is 16.7. The van der Waals surface area contributed by atoms with E-state index in [4.69, 9.17) is 8.37 Å². The quantitative estimate of drug-likeness (QED) is 0.0741. The van der Waals surface area contributed by atoms with Gasteiger partial charge in [0.05, 0.1) is 0 Å². The zero-order valence-electron chi connectivity index (χ0n) is 28.0. The largest absolute Gasteiger partial charge is 0.402 e. The summed E-state index contributed by atoms with van der Waals surface area (Å²) in [6.07, 6.45) is -0.640. The minimum atomic E-state index is -4.84. The standard InChI is InChI=1S/C40H39F3O6S2/c1-2-3-4-5-15-22-38(31-23-27-34(28-24-31)48-50(44,45)36-18-11-7-12-19-36)39(40(41,42)43,32-16-9-6-10-17-32)33-25-29-35(30-26-33)49-51(46,47)37-20-13-8-14-21-37/h6-14,16-21,23-30,38H,2-5,15,22H2,1H3. The van der Waals surface area contributed by atoms with Crippen molar-refractivity contribution < 1.29 is 38.4 Å². The van der Waals surface area contributed by atoms with E-state index in [1.54, 1.807) is 54.6 Å². The average Bonchev–Trinajstić information content (AvgIpc) is 3.12. The lowest BCUT2D eigenvalue weighted by Crippen LogP contribution is -2.48. The predicted octanol–water partition coefficient (Wildman–Crippen LogP) is 10.2. The van der Waals surface area contributed by atoms with Gasteiger partial charge in [-0.25, -0.2) is 0 Å². The molecule has 2 atom stereocenters. The molecule has 0 N–H and O–H groups in total. The van der Waals surface area contributed by atoms with E-state index in [-0.39, 0.29) is 38.8 Å². The van der Waals surface area contributed by atoms with Crippen molar-refractivity contribution >= 4 is 20.2 Å². The summed E-state index contributed by atoms with van der Waals surface area (Å²) in [6.45, 7) is 2.06. The van der Waals surface area contributed by atoms with Crippen LogP contribution in [0.3, 0.4) is 0 Å². The van der Waals surface area contributed by atoms with Crippen LogP contribution in [-0.4, -0.2) is 23.0 Å². The summed E-state index contributed by atoms with van der Waals surface area (Å²) in [5, 5.41) is 0. The molecule has 5 aromatic rings. The Morgan fingerprint density at radius 1 is 0.529 bits per heavy atom. The molecule has 0 fully saturated rings. The van der Waals surface area contributed by atoms with E-state index in [1.165, 1.54) is 84.9 Å². The van der Waals surface area contributed by atoms with Gasteiger partial charge in [0.25, 0.3) is 0 Å². The van der Waals surface area contributed by atoms with Gasteiger partial charge in [0.15, 0.2) is 0 Å². The zero-order chi connectivity index (χ0) is 36.5. The lowest BCUT2D eigenvalue weighted by Gasteiger charge is -2.44. The highest BCUT2D eigenvalue weighted by atomic mass is 32.2. The first kappa shape index (κ1) is 37.6. The van der Waals surface area contributed by atoms with Gasteiger partial charge in [-0.05, 0) is 71.6 Å². The van der Waals surface area contributed by atoms with E-state index in [2.05, 4.69) is 6.92 Å². The molecule has 11 heteroatoms. The fourth-order valence-electron chi connectivity index (χ4n) is 6.43. The Labute approximate surface area is 298 Å². The van der Waals surface area contributed by atoms with Crippen LogP contribution in [0.1, 0.15) is 68.1 Å². The van der Waals surface area contributed by atoms with Gasteiger partial charge >= 0.3 is 26.4 Å². The Hall–Kier alpha value is -4.61. The number of rotatable bonds is 16. The van der Waals surface area contributed by atoms with Gasteiger partial charge in [-0.3, -0.25) is 0 Å². The minimum absolute atomic E-state index is 0.00798. The molecule has 0 radical (unpaired) electrons. The molecule has 0 spiro atoms. The van der Waals surface area contributed by atoms with Crippen molar-refractivity contribution in [2.75, 3.05) is 0 Å². The van der Waals surface area contributed by atoms with Gasteiger partial charge in [0.2, 0.25) is 0 Å².